The molecule has 1 heterocycles. The van der Waals surface area contributed by atoms with E-state index in [1.807, 2.05) is 29.8 Å². The number of rotatable bonds is 4. The first kappa shape index (κ1) is 16.6. The zero-order chi connectivity index (χ0) is 18.1. The van der Waals surface area contributed by atoms with Crippen LogP contribution in [0.15, 0.2) is 41.5 Å². The molecule has 0 aliphatic carbocycles. The van der Waals surface area contributed by atoms with Crippen LogP contribution in [0.2, 0.25) is 0 Å². The lowest BCUT2D eigenvalue weighted by molar-refractivity contribution is 0.0694. The van der Waals surface area contributed by atoms with Crippen LogP contribution >= 0.6 is 0 Å². The second kappa shape index (κ2) is 6.32. The summed E-state index contributed by atoms with van der Waals surface area (Å²) in [6, 6.07) is 8.30. The predicted octanol–water partition coefficient (Wildman–Crippen LogP) is 3.40. The molecule has 0 amide bonds. The van der Waals surface area contributed by atoms with E-state index < -0.39 is 5.97 Å². The summed E-state index contributed by atoms with van der Waals surface area (Å²) in [5, 5.41) is 20.1. The standard InChI is InChI=1S/C19H18N2O4/c1-11-17(25-3)7-6-15-18(11)12(9-20-2)10-21(15)13-4-5-14(19(23)24)16(22)8-13/h4-10,22H,1-3H3,(H,23,24). The quantitative estimate of drug-likeness (QED) is 0.714. The first-order valence-electron chi connectivity index (χ1n) is 7.65. The van der Waals surface area contributed by atoms with Gasteiger partial charge in [0.05, 0.1) is 12.6 Å². The van der Waals surface area contributed by atoms with Crippen LogP contribution in [0.5, 0.6) is 11.5 Å². The van der Waals surface area contributed by atoms with Gasteiger partial charge >= 0.3 is 5.97 Å². The Morgan fingerprint density at radius 3 is 2.64 bits per heavy atom. The zero-order valence-corrected chi connectivity index (χ0v) is 14.1. The molecule has 3 aromatic rings. The molecule has 3 rings (SSSR count). The Morgan fingerprint density at radius 2 is 2.04 bits per heavy atom. The molecule has 2 aromatic carbocycles. The van der Waals surface area contributed by atoms with Gasteiger partial charge in [0.1, 0.15) is 17.1 Å². The van der Waals surface area contributed by atoms with Crippen LogP contribution in [0.25, 0.3) is 16.6 Å². The number of ether oxygens (including phenoxy) is 1. The average molecular weight is 338 g/mol. The molecule has 128 valence electrons. The zero-order valence-electron chi connectivity index (χ0n) is 14.1. The third-order valence-electron chi connectivity index (χ3n) is 4.19. The third kappa shape index (κ3) is 2.71. The number of aliphatic imine (C=N–C) groups is 1. The van der Waals surface area contributed by atoms with E-state index in [1.165, 1.54) is 12.1 Å². The Morgan fingerprint density at radius 1 is 1.28 bits per heavy atom. The van der Waals surface area contributed by atoms with Crippen molar-refractivity contribution in [2.24, 2.45) is 4.99 Å². The SMILES string of the molecule is CN=Cc1cn(-c2ccc(C(=O)O)c(O)c2)c2ccc(OC)c(C)c12. The van der Waals surface area contributed by atoms with Crippen molar-refractivity contribution < 1.29 is 19.7 Å². The van der Waals surface area contributed by atoms with Crippen LogP contribution in [0, 0.1) is 6.92 Å². The maximum atomic E-state index is 11.1. The van der Waals surface area contributed by atoms with Crippen LogP contribution in [0.3, 0.4) is 0 Å². The molecular weight excluding hydrogens is 320 g/mol. The van der Waals surface area contributed by atoms with Crippen LogP contribution in [0.4, 0.5) is 0 Å². The van der Waals surface area contributed by atoms with Crippen molar-refractivity contribution in [1.29, 1.82) is 0 Å². The van der Waals surface area contributed by atoms with Crippen LogP contribution < -0.4 is 4.74 Å². The summed E-state index contributed by atoms with van der Waals surface area (Å²) >= 11 is 0. The van der Waals surface area contributed by atoms with E-state index in [2.05, 4.69) is 4.99 Å². The lowest BCUT2D eigenvalue weighted by Gasteiger charge is -2.10. The Kier molecular flexibility index (Phi) is 4.19. The summed E-state index contributed by atoms with van der Waals surface area (Å²) in [7, 11) is 3.33. The van der Waals surface area contributed by atoms with Gasteiger partial charge in [0.2, 0.25) is 0 Å². The van der Waals surface area contributed by atoms with Gasteiger partial charge in [-0.2, -0.15) is 0 Å². The number of carbonyl (C=O) groups is 1. The van der Waals surface area contributed by atoms with E-state index in [4.69, 9.17) is 9.84 Å². The first-order chi connectivity index (χ1) is 12.0. The minimum atomic E-state index is -1.17. The van der Waals surface area contributed by atoms with Crippen LogP contribution in [-0.4, -0.2) is 41.1 Å². The van der Waals surface area contributed by atoms with Crippen molar-refractivity contribution in [2.45, 2.75) is 6.92 Å². The van der Waals surface area contributed by atoms with Gasteiger partial charge in [0.15, 0.2) is 0 Å². The number of phenols is 1. The maximum Gasteiger partial charge on any atom is 0.339 e. The minimum Gasteiger partial charge on any atom is -0.507 e. The topological polar surface area (TPSA) is 84.1 Å². The summed E-state index contributed by atoms with van der Waals surface area (Å²) in [6.45, 7) is 1.98. The molecule has 0 bridgehead atoms. The molecule has 0 aliphatic heterocycles. The van der Waals surface area contributed by atoms with Gasteiger partial charge in [-0.05, 0) is 31.2 Å². The molecule has 6 nitrogen and oxygen atoms in total. The molecule has 25 heavy (non-hydrogen) atoms. The highest BCUT2D eigenvalue weighted by atomic mass is 16.5. The number of hydrogen-bond donors (Lipinski definition) is 2. The Labute approximate surface area is 144 Å². The van der Waals surface area contributed by atoms with Gasteiger partial charge in [-0.1, -0.05) is 0 Å². The van der Waals surface area contributed by atoms with Crippen molar-refractivity contribution in [3.05, 3.63) is 53.2 Å². The highest BCUT2D eigenvalue weighted by molar-refractivity contribution is 6.03. The van der Waals surface area contributed by atoms with Gasteiger partial charge in [-0.3, -0.25) is 4.99 Å². The summed E-state index contributed by atoms with van der Waals surface area (Å²) in [6.07, 6.45) is 3.66. The van der Waals surface area contributed by atoms with Gasteiger partial charge in [0, 0.05) is 47.7 Å². The largest absolute Gasteiger partial charge is 0.507 e. The van der Waals surface area contributed by atoms with Crippen molar-refractivity contribution in [3.63, 3.8) is 0 Å². The highest BCUT2D eigenvalue weighted by Crippen LogP contribution is 2.33. The molecule has 0 fully saturated rings. The maximum absolute atomic E-state index is 11.1. The molecule has 0 aliphatic rings. The fraction of sp³-hybridized carbons (Fsp3) is 0.158. The number of methoxy groups -OCH3 is 1. The van der Waals surface area contributed by atoms with E-state index in [0.717, 1.165) is 27.8 Å². The summed E-state index contributed by atoms with van der Waals surface area (Å²) in [5.41, 5.74) is 3.34. The van der Waals surface area contributed by atoms with E-state index in [1.54, 1.807) is 26.4 Å². The summed E-state index contributed by atoms with van der Waals surface area (Å²) < 4.78 is 7.30. The van der Waals surface area contributed by atoms with Crippen molar-refractivity contribution in [1.82, 2.24) is 4.57 Å². The number of carboxylic acids is 1. The van der Waals surface area contributed by atoms with E-state index >= 15 is 0 Å². The number of fused-ring (bicyclic) bond motifs is 1. The number of aromatic carboxylic acids is 1. The number of benzene rings is 2. The van der Waals surface area contributed by atoms with Gasteiger partial charge in [0.25, 0.3) is 0 Å². The molecule has 0 unspecified atom stereocenters. The fourth-order valence-corrected chi connectivity index (χ4v) is 3.04. The van der Waals surface area contributed by atoms with E-state index in [-0.39, 0.29) is 11.3 Å². The lowest BCUT2D eigenvalue weighted by atomic mass is 10.1. The van der Waals surface area contributed by atoms with E-state index in [9.17, 15) is 9.90 Å². The molecular formula is C19H18N2O4. The number of aromatic hydroxyl groups is 1. The monoisotopic (exact) mass is 338 g/mol. The summed E-state index contributed by atoms with van der Waals surface area (Å²) in [5.74, 6) is -0.663. The molecule has 2 N–H and O–H groups in total. The van der Waals surface area contributed by atoms with Crippen molar-refractivity contribution >= 4 is 23.1 Å². The van der Waals surface area contributed by atoms with Gasteiger partial charge < -0.3 is 19.5 Å². The third-order valence-corrected chi connectivity index (χ3v) is 4.19. The van der Waals surface area contributed by atoms with Crippen LogP contribution in [0.1, 0.15) is 21.5 Å². The van der Waals surface area contributed by atoms with Gasteiger partial charge in [-0.15, -0.1) is 0 Å². The van der Waals surface area contributed by atoms with Crippen molar-refractivity contribution in [2.75, 3.05) is 14.2 Å². The Balaban J connectivity index is 2.29. The predicted molar refractivity (Wildman–Crippen MR) is 96.7 cm³/mol. The molecule has 1 aromatic heterocycles. The second-order valence-electron chi connectivity index (χ2n) is 5.64. The van der Waals surface area contributed by atoms with Crippen LogP contribution in [-0.2, 0) is 0 Å². The number of aromatic nitrogens is 1. The minimum absolute atomic E-state index is 0.131. The number of nitrogens with zero attached hydrogens (tertiary/aromatic N) is 2. The molecule has 0 atom stereocenters. The Bertz CT molecular complexity index is 1000. The fourth-order valence-electron chi connectivity index (χ4n) is 3.04. The number of aryl methyl sites for hydroxylation is 1. The summed E-state index contributed by atoms with van der Waals surface area (Å²) in [4.78, 5) is 15.2. The number of carboxylic acid groups (broad SMARTS) is 1. The average Bonchev–Trinajstić information content (AvgIpc) is 2.94. The highest BCUT2D eigenvalue weighted by Gasteiger charge is 2.16. The van der Waals surface area contributed by atoms with Gasteiger partial charge in [-0.25, -0.2) is 4.79 Å². The molecule has 0 saturated carbocycles. The van der Waals surface area contributed by atoms with E-state index in [0.29, 0.717) is 5.69 Å². The molecule has 0 spiro atoms. The Hall–Kier alpha value is -3.28. The normalized spacial score (nSPS) is 11.3. The molecule has 0 saturated heterocycles. The number of hydrogen-bond acceptors (Lipinski definition) is 4. The first-order valence-corrected chi connectivity index (χ1v) is 7.65. The van der Waals surface area contributed by atoms with Crippen molar-refractivity contribution in [3.8, 4) is 17.2 Å². The second-order valence-corrected chi connectivity index (χ2v) is 5.64. The molecule has 0 radical (unpaired) electrons. The smallest absolute Gasteiger partial charge is 0.339 e. The lowest BCUT2D eigenvalue weighted by Crippen LogP contribution is -1.99. The molecule has 6 heteroatoms.